The lowest BCUT2D eigenvalue weighted by molar-refractivity contribution is 0.529. The first-order chi connectivity index (χ1) is 8.61. The van der Waals surface area contributed by atoms with Crippen molar-refractivity contribution in [1.82, 2.24) is 0 Å². The SMILES string of the molecule is Cc1occc1CN(C)c1ccc(N)c(C#N)c1. The first kappa shape index (κ1) is 12.1. The Morgan fingerprint density at radius 2 is 2.17 bits per heavy atom. The third kappa shape index (κ3) is 2.30. The van der Waals surface area contributed by atoms with Gasteiger partial charge < -0.3 is 15.1 Å². The molecule has 2 N–H and O–H groups in total. The van der Waals surface area contributed by atoms with Crippen LogP contribution >= 0.6 is 0 Å². The van der Waals surface area contributed by atoms with Gasteiger partial charge in [0.15, 0.2) is 0 Å². The normalized spacial score (nSPS) is 10.1. The number of nitrogens with zero attached hydrogens (tertiary/aromatic N) is 2. The predicted molar refractivity (Wildman–Crippen MR) is 71.1 cm³/mol. The van der Waals surface area contributed by atoms with Gasteiger partial charge in [-0.2, -0.15) is 5.26 Å². The van der Waals surface area contributed by atoms with E-state index in [1.807, 2.05) is 26.1 Å². The van der Waals surface area contributed by atoms with Gasteiger partial charge in [-0.1, -0.05) is 0 Å². The molecule has 18 heavy (non-hydrogen) atoms. The second-order valence-corrected chi connectivity index (χ2v) is 4.24. The van der Waals surface area contributed by atoms with Crippen LogP contribution in [-0.4, -0.2) is 7.05 Å². The summed E-state index contributed by atoms with van der Waals surface area (Å²) in [5.74, 6) is 0.915. The van der Waals surface area contributed by atoms with Crippen molar-refractivity contribution < 1.29 is 4.42 Å². The van der Waals surface area contributed by atoms with Crippen molar-refractivity contribution in [2.24, 2.45) is 0 Å². The summed E-state index contributed by atoms with van der Waals surface area (Å²) in [4.78, 5) is 2.05. The molecule has 0 aliphatic carbocycles. The van der Waals surface area contributed by atoms with Crippen molar-refractivity contribution >= 4 is 11.4 Å². The zero-order valence-corrected chi connectivity index (χ0v) is 10.5. The Morgan fingerprint density at radius 1 is 1.39 bits per heavy atom. The fourth-order valence-corrected chi connectivity index (χ4v) is 1.80. The Hall–Kier alpha value is -2.41. The number of nitrogens with two attached hydrogens (primary N) is 1. The van der Waals surface area contributed by atoms with Crippen LogP contribution in [0.3, 0.4) is 0 Å². The molecule has 0 fully saturated rings. The molecule has 92 valence electrons. The molecule has 0 unspecified atom stereocenters. The highest BCUT2D eigenvalue weighted by molar-refractivity contribution is 5.62. The summed E-state index contributed by atoms with van der Waals surface area (Å²) in [6.45, 7) is 2.67. The molecule has 1 aromatic heterocycles. The molecule has 2 aromatic rings. The topological polar surface area (TPSA) is 66.2 Å². The number of nitrogen functional groups attached to an aromatic ring is 1. The summed E-state index contributed by atoms with van der Waals surface area (Å²) in [5, 5.41) is 8.96. The molecule has 0 saturated heterocycles. The minimum atomic E-state index is 0.503. The fraction of sp³-hybridized carbons (Fsp3) is 0.214. The van der Waals surface area contributed by atoms with Crippen LogP contribution in [0, 0.1) is 18.3 Å². The molecule has 0 spiro atoms. The van der Waals surface area contributed by atoms with Crippen LogP contribution in [0.4, 0.5) is 11.4 Å². The van der Waals surface area contributed by atoms with E-state index in [0.717, 1.165) is 23.6 Å². The third-order valence-corrected chi connectivity index (χ3v) is 2.97. The van der Waals surface area contributed by atoms with E-state index >= 15 is 0 Å². The van der Waals surface area contributed by atoms with E-state index in [1.165, 1.54) is 0 Å². The summed E-state index contributed by atoms with van der Waals surface area (Å²) >= 11 is 0. The summed E-state index contributed by atoms with van der Waals surface area (Å²) in [6.07, 6.45) is 1.68. The van der Waals surface area contributed by atoms with E-state index < -0.39 is 0 Å². The monoisotopic (exact) mass is 241 g/mol. The number of nitriles is 1. The summed E-state index contributed by atoms with van der Waals surface area (Å²) in [6, 6.07) is 9.50. The van der Waals surface area contributed by atoms with Gasteiger partial charge in [-0.3, -0.25) is 0 Å². The lowest BCUT2D eigenvalue weighted by Gasteiger charge is -2.19. The van der Waals surface area contributed by atoms with Crippen molar-refractivity contribution in [1.29, 1.82) is 5.26 Å². The number of hydrogen-bond donors (Lipinski definition) is 1. The highest BCUT2D eigenvalue weighted by Crippen LogP contribution is 2.22. The molecule has 2 rings (SSSR count). The quantitative estimate of drug-likeness (QED) is 0.839. The van der Waals surface area contributed by atoms with Crippen LogP contribution in [0.15, 0.2) is 34.9 Å². The third-order valence-electron chi connectivity index (χ3n) is 2.97. The number of aryl methyl sites for hydroxylation is 1. The molecular formula is C14H15N3O. The molecule has 0 radical (unpaired) electrons. The predicted octanol–water partition coefficient (Wildman–Crippen LogP) is 2.68. The van der Waals surface area contributed by atoms with E-state index in [2.05, 4.69) is 11.0 Å². The van der Waals surface area contributed by atoms with Crippen LogP contribution < -0.4 is 10.6 Å². The molecule has 0 aliphatic rings. The van der Waals surface area contributed by atoms with Crippen molar-refractivity contribution in [2.45, 2.75) is 13.5 Å². The van der Waals surface area contributed by atoms with Crippen LogP contribution in [-0.2, 0) is 6.54 Å². The Balaban J connectivity index is 2.22. The molecule has 1 aromatic carbocycles. The maximum absolute atomic E-state index is 8.96. The molecular weight excluding hydrogens is 226 g/mol. The van der Waals surface area contributed by atoms with Gasteiger partial charge >= 0.3 is 0 Å². The van der Waals surface area contributed by atoms with Gasteiger partial charge in [-0.05, 0) is 31.2 Å². The Bertz CT molecular complexity index is 595. The van der Waals surface area contributed by atoms with Gasteiger partial charge in [0.2, 0.25) is 0 Å². The molecule has 0 bridgehead atoms. The molecule has 4 heteroatoms. The minimum Gasteiger partial charge on any atom is -0.469 e. The molecule has 0 amide bonds. The Morgan fingerprint density at radius 3 is 2.78 bits per heavy atom. The van der Waals surface area contributed by atoms with Crippen molar-refractivity contribution in [3.8, 4) is 6.07 Å². The Labute approximate surface area is 106 Å². The molecule has 1 heterocycles. The number of benzene rings is 1. The first-order valence-electron chi connectivity index (χ1n) is 5.65. The Kier molecular flexibility index (Phi) is 3.24. The van der Waals surface area contributed by atoms with Gasteiger partial charge in [0, 0.05) is 30.5 Å². The van der Waals surface area contributed by atoms with Gasteiger partial charge in [-0.25, -0.2) is 0 Å². The average molecular weight is 241 g/mol. The minimum absolute atomic E-state index is 0.503. The van der Waals surface area contributed by atoms with Gasteiger partial charge in [0.05, 0.1) is 11.8 Å². The zero-order chi connectivity index (χ0) is 13.1. The van der Waals surface area contributed by atoms with E-state index in [9.17, 15) is 0 Å². The molecule has 0 aliphatic heterocycles. The largest absolute Gasteiger partial charge is 0.469 e. The van der Waals surface area contributed by atoms with Crippen LogP contribution in [0.1, 0.15) is 16.9 Å². The first-order valence-corrected chi connectivity index (χ1v) is 5.65. The van der Waals surface area contributed by atoms with Crippen LogP contribution in [0.2, 0.25) is 0 Å². The van der Waals surface area contributed by atoms with Gasteiger partial charge in [0.25, 0.3) is 0 Å². The smallest absolute Gasteiger partial charge is 0.105 e. The van der Waals surface area contributed by atoms with E-state index in [0.29, 0.717) is 11.3 Å². The summed E-state index contributed by atoms with van der Waals surface area (Å²) in [7, 11) is 1.97. The number of anilines is 2. The van der Waals surface area contributed by atoms with Crippen molar-refractivity contribution in [3.05, 3.63) is 47.4 Å². The van der Waals surface area contributed by atoms with Crippen LogP contribution in [0.25, 0.3) is 0 Å². The standard InChI is InChI=1S/C14H15N3O/c1-10-11(5-6-18-10)9-17(2)13-3-4-14(16)12(7-13)8-15/h3-7H,9,16H2,1-2H3. The molecule has 0 saturated carbocycles. The summed E-state index contributed by atoms with van der Waals surface area (Å²) < 4.78 is 5.27. The average Bonchev–Trinajstić information content (AvgIpc) is 2.75. The van der Waals surface area contributed by atoms with E-state index in [-0.39, 0.29) is 0 Å². The molecule has 4 nitrogen and oxygen atoms in total. The summed E-state index contributed by atoms with van der Waals surface area (Å²) in [5.41, 5.74) is 8.81. The van der Waals surface area contributed by atoms with Crippen molar-refractivity contribution in [3.63, 3.8) is 0 Å². The highest BCUT2D eigenvalue weighted by atomic mass is 16.3. The number of furan rings is 1. The second-order valence-electron chi connectivity index (χ2n) is 4.24. The van der Waals surface area contributed by atoms with E-state index in [4.69, 9.17) is 15.4 Å². The van der Waals surface area contributed by atoms with E-state index in [1.54, 1.807) is 18.4 Å². The number of hydrogen-bond acceptors (Lipinski definition) is 4. The number of rotatable bonds is 3. The lowest BCUT2D eigenvalue weighted by atomic mass is 10.1. The fourth-order valence-electron chi connectivity index (χ4n) is 1.80. The van der Waals surface area contributed by atoms with Gasteiger partial charge in [0.1, 0.15) is 11.8 Å². The highest BCUT2D eigenvalue weighted by Gasteiger charge is 2.08. The maximum Gasteiger partial charge on any atom is 0.105 e. The van der Waals surface area contributed by atoms with Crippen molar-refractivity contribution in [2.75, 3.05) is 17.7 Å². The second kappa shape index (κ2) is 4.84. The lowest BCUT2D eigenvalue weighted by Crippen LogP contribution is -2.16. The van der Waals surface area contributed by atoms with Crippen LogP contribution in [0.5, 0.6) is 0 Å². The van der Waals surface area contributed by atoms with Gasteiger partial charge in [-0.15, -0.1) is 0 Å². The maximum atomic E-state index is 8.96. The zero-order valence-electron chi connectivity index (χ0n) is 10.5. The molecule has 0 atom stereocenters.